The number of carbonyl (C=O) groups is 1. The van der Waals surface area contributed by atoms with E-state index in [1.165, 1.54) is 6.33 Å². The average molecular weight is 382 g/mol. The van der Waals surface area contributed by atoms with Gasteiger partial charge in [-0.15, -0.1) is 0 Å². The Morgan fingerprint density at radius 2 is 1.79 bits per heavy atom. The van der Waals surface area contributed by atoms with Crippen LogP contribution in [0, 0.1) is 0 Å². The number of nitrogens with zero attached hydrogens (tertiary/aromatic N) is 3. The van der Waals surface area contributed by atoms with Crippen LogP contribution in [0.1, 0.15) is 11.1 Å². The summed E-state index contributed by atoms with van der Waals surface area (Å²) in [6, 6.07) is 11.1. The lowest BCUT2D eigenvalue weighted by atomic mass is 10.1. The highest BCUT2D eigenvalue weighted by atomic mass is 16.5. The zero-order chi connectivity index (χ0) is 19.9. The van der Waals surface area contributed by atoms with Crippen LogP contribution in [0.5, 0.6) is 17.2 Å². The Morgan fingerprint density at radius 1 is 1.04 bits per heavy atom. The molecule has 2 aromatic carbocycles. The Balaban J connectivity index is 1.70. The first-order valence-corrected chi connectivity index (χ1v) is 8.63. The van der Waals surface area contributed by atoms with Crippen molar-refractivity contribution in [2.24, 2.45) is 0 Å². The molecular weight excluding hydrogens is 360 g/mol. The van der Waals surface area contributed by atoms with E-state index in [9.17, 15) is 4.79 Å². The standard InChI is InChI=1S/C20H22N4O4/c1-26-17-8-15(9-18(27-2)20(17)28-3)10-19(25)23-16-6-4-5-14(7-16)11-24-13-21-12-22-24/h4-9,12-13H,10-11H2,1-3H3,(H,23,25). The third-order valence-electron chi connectivity index (χ3n) is 4.11. The second-order valence-electron chi connectivity index (χ2n) is 6.05. The average Bonchev–Trinajstić information content (AvgIpc) is 3.20. The molecule has 0 saturated heterocycles. The molecule has 8 heteroatoms. The largest absolute Gasteiger partial charge is 0.493 e. The monoisotopic (exact) mass is 382 g/mol. The highest BCUT2D eigenvalue weighted by molar-refractivity contribution is 5.92. The Labute approximate surface area is 163 Å². The first-order valence-electron chi connectivity index (χ1n) is 8.63. The van der Waals surface area contributed by atoms with E-state index in [0.29, 0.717) is 23.8 Å². The highest BCUT2D eigenvalue weighted by Gasteiger charge is 2.15. The molecular formula is C20H22N4O4. The zero-order valence-corrected chi connectivity index (χ0v) is 16.0. The smallest absolute Gasteiger partial charge is 0.228 e. The van der Waals surface area contributed by atoms with E-state index in [0.717, 1.165) is 16.8 Å². The molecule has 1 aromatic heterocycles. The predicted octanol–water partition coefficient (Wildman–Crippen LogP) is 2.53. The SMILES string of the molecule is COc1cc(CC(=O)Nc2cccc(Cn3cncn3)c2)cc(OC)c1OC. The van der Waals surface area contributed by atoms with Crippen molar-refractivity contribution in [1.82, 2.24) is 14.8 Å². The zero-order valence-electron chi connectivity index (χ0n) is 16.0. The normalized spacial score (nSPS) is 10.4. The summed E-state index contributed by atoms with van der Waals surface area (Å²) in [4.78, 5) is 16.4. The number of amides is 1. The number of methoxy groups -OCH3 is 3. The van der Waals surface area contributed by atoms with Gasteiger partial charge in [0.2, 0.25) is 11.7 Å². The molecule has 1 N–H and O–H groups in total. The first kappa shape index (κ1) is 19.2. The van der Waals surface area contributed by atoms with E-state index in [1.807, 2.05) is 24.3 Å². The molecule has 0 unspecified atom stereocenters. The lowest BCUT2D eigenvalue weighted by Gasteiger charge is -2.14. The molecule has 0 saturated carbocycles. The van der Waals surface area contributed by atoms with Crippen LogP contribution in [0.3, 0.4) is 0 Å². The highest BCUT2D eigenvalue weighted by Crippen LogP contribution is 2.38. The van der Waals surface area contributed by atoms with Crippen LogP contribution in [0.2, 0.25) is 0 Å². The molecule has 0 atom stereocenters. The summed E-state index contributed by atoms with van der Waals surface area (Å²) >= 11 is 0. The van der Waals surface area contributed by atoms with Gasteiger partial charge in [-0.25, -0.2) is 9.67 Å². The van der Waals surface area contributed by atoms with Gasteiger partial charge in [0.25, 0.3) is 0 Å². The van der Waals surface area contributed by atoms with Gasteiger partial charge in [0.05, 0.1) is 34.3 Å². The summed E-state index contributed by atoms with van der Waals surface area (Å²) in [7, 11) is 4.63. The number of hydrogen-bond donors (Lipinski definition) is 1. The summed E-state index contributed by atoms with van der Waals surface area (Å²) in [5.74, 6) is 1.38. The van der Waals surface area contributed by atoms with E-state index in [2.05, 4.69) is 15.4 Å². The Hall–Kier alpha value is -3.55. The molecule has 0 bridgehead atoms. The quantitative estimate of drug-likeness (QED) is 0.644. The van der Waals surface area contributed by atoms with E-state index in [1.54, 1.807) is 44.5 Å². The molecule has 1 heterocycles. The van der Waals surface area contributed by atoms with E-state index >= 15 is 0 Å². The van der Waals surface area contributed by atoms with E-state index in [4.69, 9.17) is 14.2 Å². The number of nitrogens with one attached hydrogen (secondary N) is 1. The van der Waals surface area contributed by atoms with Gasteiger partial charge in [-0.1, -0.05) is 12.1 Å². The molecule has 28 heavy (non-hydrogen) atoms. The molecule has 8 nitrogen and oxygen atoms in total. The van der Waals surface area contributed by atoms with Crippen LogP contribution in [-0.4, -0.2) is 42.0 Å². The van der Waals surface area contributed by atoms with Crippen molar-refractivity contribution in [1.29, 1.82) is 0 Å². The van der Waals surface area contributed by atoms with Gasteiger partial charge in [0.1, 0.15) is 12.7 Å². The van der Waals surface area contributed by atoms with Crippen LogP contribution in [0.25, 0.3) is 0 Å². The molecule has 0 aliphatic heterocycles. The first-order chi connectivity index (χ1) is 13.6. The molecule has 1 amide bonds. The second kappa shape index (κ2) is 8.90. The summed E-state index contributed by atoms with van der Waals surface area (Å²) in [5.41, 5.74) is 2.48. The molecule has 3 aromatic rings. The summed E-state index contributed by atoms with van der Waals surface area (Å²) in [5, 5.41) is 7.01. The Morgan fingerprint density at radius 3 is 2.39 bits per heavy atom. The van der Waals surface area contributed by atoms with Gasteiger partial charge in [-0.3, -0.25) is 4.79 Å². The number of carbonyl (C=O) groups excluding carboxylic acids is 1. The predicted molar refractivity (Wildman–Crippen MR) is 104 cm³/mol. The molecule has 0 radical (unpaired) electrons. The molecule has 0 aliphatic carbocycles. The molecule has 0 spiro atoms. The third-order valence-corrected chi connectivity index (χ3v) is 4.11. The number of hydrogen-bond acceptors (Lipinski definition) is 6. The lowest BCUT2D eigenvalue weighted by Crippen LogP contribution is -2.15. The maximum Gasteiger partial charge on any atom is 0.228 e. The minimum atomic E-state index is -0.146. The van der Waals surface area contributed by atoms with Crippen molar-refractivity contribution in [3.8, 4) is 17.2 Å². The van der Waals surface area contributed by atoms with Crippen molar-refractivity contribution < 1.29 is 19.0 Å². The van der Waals surface area contributed by atoms with Gasteiger partial charge in [0.15, 0.2) is 11.5 Å². The number of ether oxygens (including phenoxy) is 3. The Bertz CT molecular complexity index is 916. The van der Waals surface area contributed by atoms with Gasteiger partial charge in [-0.2, -0.15) is 5.10 Å². The fourth-order valence-corrected chi connectivity index (χ4v) is 2.88. The van der Waals surface area contributed by atoms with Crippen molar-refractivity contribution >= 4 is 11.6 Å². The van der Waals surface area contributed by atoms with Crippen LogP contribution >= 0.6 is 0 Å². The van der Waals surface area contributed by atoms with Crippen LogP contribution in [0.4, 0.5) is 5.69 Å². The van der Waals surface area contributed by atoms with Crippen molar-refractivity contribution in [3.05, 3.63) is 60.2 Å². The van der Waals surface area contributed by atoms with Gasteiger partial charge in [-0.05, 0) is 35.4 Å². The summed E-state index contributed by atoms with van der Waals surface area (Å²) < 4.78 is 17.7. The Kier molecular flexibility index (Phi) is 6.11. The van der Waals surface area contributed by atoms with Crippen molar-refractivity contribution in [2.75, 3.05) is 26.6 Å². The fraction of sp³-hybridized carbons (Fsp3) is 0.250. The van der Waals surface area contributed by atoms with Gasteiger partial charge < -0.3 is 19.5 Å². The van der Waals surface area contributed by atoms with Gasteiger partial charge in [0, 0.05) is 5.69 Å². The number of rotatable bonds is 8. The topological polar surface area (TPSA) is 87.5 Å². The third kappa shape index (κ3) is 4.59. The van der Waals surface area contributed by atoms with Crippen LogP contribution in [-0.2, 0) is 17.8 Å². The van der Waals surface area contributed by atoms with Crippen molar-refractivity contribution in [2.45, 2.75) is 13.0 Å². The summed E-state index contributed by atoms with van der Waals surface area (Å²) in [6.07, 6.45) is 3.31. The summed E-state index contributed by atoms with van der Waals surface area (Å²) in [6.45, 7) is 0.580. The molecule has 0 aliphatic rings. The number of aromatic nitrogens is 3. The van der Waals surface area contributed by atoms with Crippen molar-refractivity contribution in [3.63, 3.8) is 0 Å². The fourth-order valence-electron chi connectivity index (χ4n) is 2.88. The minimum Gasteiger partial charge on any atom is -0.493 e. The second-order valence-corrected chi connectivity index (χ2v) is 6.05. The molecule has 146 valence electrons. The maximum absolute atomic E-state index is 12.5. The van der Waals surface area contributed by atoms with Crippen LogP contribution in [0.15, 0.2) is 49.1 Å². The van der Waals surface area contributed by atoms with Gasteiger partial charge >= 0.3 is 0 Å². The van der Waals surface area contributed by atoms with Crippen LogP contribution < -0.4 is 19.5 Å². The molecule has 3 rings (SSSR count). The number of anilines is 1. The van der Waals surface area contributed by atoms with E-state index < -0.39 is 0 Å². The van der Waals surface area contributed by atoms with E-state index in [-0.39, 0.29) is 12.3 Å². The molecule has 0 fully saturated rings. The number of benzene rings is 2. The lowest BCUT2D eigenvalue weighted by molar-refractivity contribution is -0.115. The maximum atomic E-state index is 12.5. The minimum absolute atomic E-state index is 0.146.